The molecule has 0 saturated carbocycles. The fourth-order valence-electron chi connectivity index (χ4n) is 1.02. The molecule has 0 radical (unpaired) electrons. The lowest BCUT2D eigenvalue weighted by atomic mass is 10.2. The Hall–Kier alpha value is -1.09. The summed E-state index contributed by atoms with van der Waals surface area (Å²) in [4.78, 5) is 0.933. The molecular weight excluding hydrogens is 168 g/mol. The number of rotatable bonds is 2. The van der Waals surface area contributed by atoms with Gasteiger partial charge in [-0.15, -0.1) is 12.6 Å². The molecule has 0 fully saturated rings. The predicted molar refractivity (Wildman–Crippen MR) is 56.5 cm³/mol. The average Bonchev–Trinajstić information content (AvgIpc) is 2.05. The van der Waals surface area contributed by atoms with Gasteiger partial charge in [0.15, 0.2) is 0 Å². The van der Waals surface area contributed by atoms with Crippen LogP contribution in [0.25, 0.3) is 6.08 Å². The highest BCUT2D eigenvalue weighted by Gasteiger charge is 1.96. The van der Waals surface area contributed by atoms with Crippen molar-refractivity contribution in [2.75, 3.05) is 12.4 Å². The van der Waals surface area contributed by atoms with E-state index in [-0.39, 0.29) is 0 Å². The van der Waals surface area contributed by atoms with Crippen LogP contribution in [-0.2, 0) is 0 Å². The molecule has 0 aliphatic rings. The molecule has 0 heterocycles. The second-order valence-electron chi connectivity index (χ2n) is 2.38. The molecule has 1 aromatic rings. The number of anilines is 1. The summed E-state index contributed by atoms with van der Waals surface area (Å²) in [5.41, 5.74) is 7.40. The van der Waals surface area contributed by atoms with Crippen LogP contribution in [0.3, 0.4) is 0 Å². The minimum Gasteiger partial charge on any atom is -0.405 e. The van der Waals surface area contributed by atoms with Gasteiger partial charge >= 0.3 is 0 Å². The summed E-state index contributed by atoms with van der Waals surface area (Å²) in [6.07, 6.45) is 3.36. The highest BCUT2D eigenvalue weighted by atomic mass is 32.1. The van der Waals surface area contributed by atoms with Gasteiger partial charge in [-0.25, -0.2) is 0 Å². The quantitative estimate of drug-likeness (QED) is 0.609. The van der Waals surface area contributed by atoms with Gasteiger partial charge in [0.05, 0.1) is 0 Å². The van der Waals surface area contributed by atoms with E-state index in [4.69, 9.17) is 5.73 Å². The summed E-state index contributed by atoms with van der Waals surface area (Å²) in [7, 11) is 1.88. The maximum Gasteiger partial charge on any atom is 0.0412 e. The van der Waals surface area contributed by atoms with Crippen LogP contribution >= 0.6 is 12.6 Å². The third-order valence-electron chi connectivity index (χ3n) is 1.58. The van der Waals surface area contributed by atoms with Crippen molar-refractivity contribution in [3.63, 3.8) is 0 Å². The van der Waals surface area contributed by atoms with Crippen LogP contribution in [0.1, 0.15) is 5.56 Å². The topological polar surface area (TPSA) is 38.0 Å². The molecule has 0 saturated heterocycles. The first-order valence-electron chi connectivity index (χ1n) is 3.67. The van der Waals surface area contributed by atoms with Crippen molar-refractivity contribution in [3.8, 4) is 0 Å². The Bertz CT molecular complexity index is 295. The van der Waals surface area contributed by atoms with Gasteiger partial charge < -0.3 is 11.1 Å². The van der Waals surface area contributed by atoms with Crippen molar-refractivity contribution in [1.29, 1.82) is 0 Å². The molecule has 64 valence electrons. The van der Waals surface area contributed by atoms with Gasteiger partial charge in [0.25, 0.3) is 0 Å². The number of thiol groups is 1. The van der Waals surface area contributed by atoms with Gasteiger partial charge in [-0.1, -0.05) is 0 Å². The lowest BCUT2D eigenvalue weighted by Crippen LogP contribution is -1.91. The zero-order valence-corrected chi connectivity index (χ0v) is 7.81. The summed E-state index contributed by atoms with van der Waals surface area (Å²) in [6.45, 7) is 0. The Morgan fingerprint density at radius 2 is 2.25 bits per heavy atom. The van der Waals surface area contributed by atoms with E-state index in [2.05, 4.69) is 17.9 Å². The van der Waals surface area contributed by atoms with E-state index in [1.54, 1.807) is 0 Å². The Kier molecular flexibility index (Phi) is 3.05. The number of nitrogens with one attached hydrogen (secondary N) is 1. The van der Waals surface area contributed by atoms with Crippen LogP contribution in [0.15, 0.2) is 29.3 Å². The van der Waals surface area contributed by atoms with Crippen molar-refractivity contribution >= 4 is 24.4 Å². The minimum absolute atomic E-state index is 0.933. The van der Waals surface area contributed by atoms with E-state index in [9.17, 15) is 0 Å². The molecule has 0 amide bonds. The lowest BCUT2D eigenvalue weighted by molar-refractivity contribution is 1.41. The van der Waals surface area contributed by atoms with Gasteiger partial charge in [0.1, 0.15) is 0 Å². The molecule has 3 heteroatoms. The molecule has 1 rings (SSSR count). The number of nitrogens with two attached hydrogens (primary N) is 1. The summed E-state index contributed by atoms with van der Waals surface area (Å²) in [6, 6.07) is 5.86. The molecule has 0 unspecified atom stereocenters. The van der Waals surface area contributed by atoms with Gasteiger partial charge in [-0.05, 0) is 30.5 Å². The zero-order chi connectivity index (χ0) is 8.97. The standard InChI is InChI=1S/C9H12N2S/c1-11-9-3-2-8(12)6-7(9)4-5-10/h2-6,11-12H,10H2,1H3/b5-4+. The van der Waals surface area contributed by atoms with Crippen LogP contribution in [0.2, 0.25) is 0 Å². The summed E-state index contributed by atoms with van der Waals surface area (Å²) in [5, 5.41) is 3.07. The van der Waals surface area contributed by atoms with Crippen LogP contribution in [-0.4, -0.2) is 7.05 Å². The van der Waals surface area contributed by atoms with Gasteiger partial charge in [-0.2, -0.15) is 0 Å². The normalized spacial score (nSPS) is 10.5. The van der Waals surface area contributed by atoms with E-state index in [0.29, 0.717) is 0 Å². The van der Waals surface area contributed by atoms with Gasteiger partial charge in [-0.3, -0.25) is 0 Å². The molecule has 0 aromatic heterocycles. The first-order chi connectivity index (χ1) is 5.77. The van der Waals surface area contributed by atoms with Crippen molar-refractivity contribution < 1.29 is 0 Å². The minimum atomic E-state index is 0.933. The smallest absolute Gasteiger partial charge is 0.0412 e. The molecule has 12 heavy (non-hydrogen) atoms. The van der Waals surface area contributed by atoms with Gasteiger partial charge in [0, 0.05) is 23.2 Å². The molecule has 0 atom stereocenters. The maximum atomic E-state index is 5.30. The van der Waals surface area contributed by atoms with Gasteiger partial charge in [0.2, 0.25) is 0 Å². The summed E-state index contributed by atoms with van der Waals surface area (Å²) < 4.78 is 0. The van der Waals surface area contributed by atoms with Crippen molar-refractivity contribution in [3.05, 3.63) is 30.0 Å². The summed E-state index contributed by atoms with van der Waals surface area (Å²) in [5.74, 6) is 0. The SMILES string of the molecule is CNc1ccc(S)cc1/C=C/N. The highest BCUT2D eigenvalue weighted by Crippen LogP contribution is 2.19. The average molecular weight is 180 g/mol. The predicted octanol–water partition coefficient (Wildman–Crippen LogP) is 1.95. The molecule has 1 aromatic carbocycles. The maximum absolute atomic E-state index is 5.30. The summed E-state index contributed by atoms with van der Waals surface area (Å²) >= 11 is 4.23. The third kappa shape index (κ3) is 1.95. The Morgan fingerprint density at radius 1 is 1.50 bits per heavy atom. The Balaban J connectivity index is 3.12. The molecule has 0 aliphatic carbocycles. The fourth-order valence-corrected chi connectivity index (χ4v) is 1.23. The number of hydrogen-bond acceptors (Lipinski definition) is 3. The Morgan fingerprint density at radius 3 is 2.83 bits per heavy atom. The zero-order valence-electron chi connectivity index (χ0n) is 6.91. The van der Waals surface area contributed by atoms with E-state index in [1.807, 2.05) is 31.3 Å². The second kappa shape index (κ2) is 4.07. The number of hydrogen-bond donors (Lipinski definition) is 3. The molecular formula is C9H12N2S. The molecule has 0 aliphatic heterocycles. The molecule has 0 spiro atoms. The van der Waals surface area contributed by atoms with Crippen LogP contribution in [0, 0.1) is 0 Å². The van der Waals surface area contributed by atoms with Crippen molar-refractivity contribution in [2.24, 2.45) is 5.73 Å². The van der Waals surface area contributed by atoms with E-state index in [0.717, 1.165) is 16.1 Å². The van der Waals surface area contributed by atoms with Crippen LogP contribution in [0.5, 0.6) is 0 Å². The number of benzene rings is 1. The van der Waals surface area contributed by atoms with E-state index in [1.165, 1.54) is 6.20 Å². The lowest BCUT2D eigenvalue weighted by Gasteiger charge is -2.05. The fraction of sp³-hybridized carbons (Fsp3) is 0.111. The van der Waals surface area contributed by atoms with Crippen LogP contribution < -0.4 is 11.1 Å². The van der Waals surface area contributed by atoms with Crippen LogP contribution in [0.4, 0.5) is 5.69 Å². The van der Waals surface area contributed by atoms with E-state index < -0.39 is 0 Å². The molecule has 0 bridgehead atoms. The largest absolute Gasteiger partial charge is 0.405 e. The van der Waals surface area contributed by atoms with E-state index >= 15 is 0 Å². The molecule has 2 nitrogen and oxygen atoms in total. The Labute approximate surface area is 77.9 Å². The highest BCUT2D eigenvalue weighted by molar-refractivity contribution is 7.80. The van der Waals surface area contributed by atoms with Crippen molar-refractivity contribution in [2.45, 2.75) is 4.90 Å². The van der Waals surface area contributed by atoms with Crippen molar-refractivity contribution in [1.82, 2.24) is 0 Å². The first-order valence-corrected chi connectivity index (χ1v) is 4.11. The third-order valence-corrected chi connectivity index (χ3v) is 1.86. The monoisotopic (exact) mass is 180 g/mol. The first kappa shape index (κ1) is 9.00. The second-order valence-corrected chi connectivity index (χ2v) is 2.90. The molecule has 3 N–H and O–H groups in total.